The number of amides is 1. The molecule has 0 saturated carbocycles. The van der Waals surface area contributed by atoms with Gasteiger partial charge in [0.1, 0.15) is 34.3 Å². The second-order valence-electron chi connectivity index (χ2n) is 10.3. The number of carboxylic acid groups (broad SMARTS) is 1. The normalized spacial score (nSPS) is 16.6. The van der Waals surface area contributed by atoms with Gasteiger partial charge in [0.25, 0.3) is 0 Å². The number of anilines is 1. The summed E-state index contributed by atoms with van der Waals surface area (Å²) < 4.78 is 28.0. The average Bonchev–Trinajstić information content (AvgIpc) is 3.17. The zero-order valence-corrected chi connectivity index (χ0v) is 26.0. The van der Waals surface area contributed by atoms with E-state index in [1.54, 1.807) is 85.8 Å². The number of aliphatic carboxylic acids is 1. The lowest BCUT2D eigenvalue weighted by atomic mass is 9.77. The van der Waals surface area contributed by atoms with E-state index in [9.17, 15) is 14.7 Å². The highest BCUT2D eigenvalue weighted by atomic mass is 35.5. The van der Waals surface area contributed by atoms with Crippen molar-refractivity contribution in [3.8, 4) is 28.7 Å². The molecule has 0 aromatic heterocycles. The smallest absolute Gasteiger partial charge is 0.347 e. The Bertz CT molecular complexity index is 1650. The highest BCUT2D eigenvalue weighted by molar-refractivity contribution is 6.30. The maximum absolute atomic E-state index is 14.0. The van der Waals surface area contributed by atoms with Crippen molar-refractivity contribution < 1.29 is 38.4 Å². The monoisotopic (exact) mass is 632 g/mol. The van der Waals surface area contributed by atoms with Crippen molar-refractivity contribution in [3.05, 3.63) is 107 Å². The van der Waals surface area contributed by atoms with Gasteiger partial charge in [-0.25, -0.2) is 4.79 Å². The minimum absolute atomic E-state index is 0.138. The fraction of sp³-hybridized carbons (Fsp3) is 0.235. The molecule has 5 rings (SSSR count). The number of methoxy groups -OCH3 is 4. The number of hydrogen-bond acceptors (Lipinski definition) is 8. The third-order valence-corrected chi connectivity index (χ3v) is 7.91. The Balaban J connectivity index is 1.73. The number of benzene rings is 4. The molecule has 4 aromatic carbocycles. The first-order valence-corrected chi connectivity index (χ1v) is 14.4. The van der Waals surface area contributed by atoms with Gasteiger partial charge < -0.3 is 33.7 Å². The molecule has 1 amide bonds. The topological polar surface area (TPSA) is 116 Å². The van der Waals surface area contributed by atoms with E-state index in [1.807, 2.05) is 18.2 Å². The number of halogens is 1. The van der Waals surface area contributed by atoms with Gasteiger partial charge >= 0.3 is 5.97 Å². The summed E-state index contributed by atoms with van der Waals surface area (Å²) in [5.74, 6) is 0.558. The van der Waals surface area contributed by atoms with Crippen LogP contribution in [0.5, 0.6) is 28.7 Å². The number of nitrogens with one attached hydrogen (secondary N) is 1. The van der Waals surface area contributed by atoms with E-state index in [0.29, 0.717) is 44.8 Å². The van der Waals surface area contributed by atoms with Crippen molar-refractivity contribution in [2.75, 3.05) is 39.9 Å². The number of fused-ring (bicyclic) bond motifs is 1. The van der Waals surface area contributed by atoms with Crippen LogP contribution in [0, 0.1) is 0 Å². The molecule has 0 radical (unpaired) electrons. The number of ether oxygens (including phenoxy) is 5. The Kier molecular flexibility index (Phi) is 9.36. The van der Waals surface area contributed by atoms with Crippen LogP contribution in [0.25, 0.3) is 0 Å². The Morgan fingerprint density at radius 3 is 1.96 bits per heavy atom. The van der Waals surface area contributed by atoms with Crippen molar-refractivity contribution >= 4 is 29.2 Å². The Labute approximate surface area is 266 Å². The average molecular weight is 633 g/mol. The molecule has 11 heteroatoms. The third kappa shape index (κ3) is 6.33. The van der Waals surface area contributed by atoms with E-state index >= 15 is 0 Å². The largest absolute Gasteiger partial charge is 0.497 e. The Morgan fingerprint density at radius 2 is 1.40 bits per heavy atom. The first kappa shape index (κ1) is 31.5. The standard InChI is InChI=1S/C34H33ClN2O8/c1-41-24-12-21(13-25(15-24)42-2)20-37-30-11-10-23(35)14-29(30)34(36-19-31(37)38,22-8-6-5-7-9-22)32(33(39)40)45-28-17-26(43-3)16-27(18-28)44-4/h5-18,32,36H,19-20H2,1-4H3,(H,39,40). The van der Waals surface area contributed by atoms with Gasteiger partial charge in [-0.2, -0.15) is 0 Å². The number of hydrogen-bond donors (Lipinski definition) is 2. The lowest BCUT2D eigenvalue weighted by Gasteiger charge is -2.40. The van der Waals surface area contributed by atoms with Gasteiger partial charge in [0.2, 0.25) is 12.0 Å². The van der Waals surface area contributed by atoms with Gasteiger partial charge in [-0.15, -0.1) is 0 Å². The molecule has 0 bridgehead atoms. The van der Waals surface area contributed by atoms with Crippen LogP contribution >= 0.6 is 11.6 Å². The Morgan fingerprint density at radius 1 is 0.844 bits per heavy atom. The van der Waals surface area contributed by atoms with Crippen LogP contribution in [0.3, 0.4) is 0 Å². The SMILES string of the molecule is COc1cc(CN2C(=O)CNC(c3ccccc3)(C(Oc3cc(OC)cc(OC)c3)C(=O)O)c3cc(Cl)ccc32)cc(OC)c1. The molecule has 45 heavy (non-hydrogen) atoms. The number of rotatable bonds is 11. The van der Waals surface area contributed by atoms with E-state index in [2.05, 4.69) is 5.32 Å². The molecule has 4 aromatic rings. The number of nitrogens with zero attached hydrogens (tertiary/aromatic N) is 1. The van der Waals surface area contributed by atoms with Crippen LogP contribution in [0.15, 0.2) is 84.9 Å². The van der Waals surface area contributed by atoms with Crippen LogP contribution in [0.1, 0.15) is 16.7 Å². The van der Waals surface area contributed by atoms with Crippen LogP contribution < -0.4 is 33.9 Å². The van der Waals surface area contributed by atoms with Crippen molar-refractivity contribution in [2.45, 2.75) is 18.2 Å². The summed E-state index contributed by atoms with van der Waals surface area (Å²) in [6.07, 6.45) is -1.60. The van der Waals surface area contributed by atoms with Crippen LogP contribution in [-0.4, -0.2) is 58.1 Å². The minimum Gasteiger partial charge on any atom is -0.497 e. The van der Waals surface area contributed by atoms with E-state index in [1.165, 1.54) is 14.2 Å². The number of carbonyl (C=O) groups is 2. The van der Waals surface area contributed by atoms with E-state index in [0.717, 1.165) is 5.56 Å². The first-order valence-electron chi connectivity index (χ1n) is 14.0. The van der Waals surface area contributed by atoms with Gasteiger partial charge in [0.15, 0.2) is 0 Å². The van der Waals surface area contributed by atoms with Gasteiger partial charge in [-0.1, -0.05) is 41.9 Å². The van der Waals surface area contributed by atoms with E-state index in [-0.39, 0.29) is 24.7 Å². The van der Waals surface area contributed by atoms with Crippen LogP contribution in [-0.2, 0) is 21.7 Å². The summed E-state index contributed by atoms with van der Waals surface area (Å²) in [5, 5.41) is 14.5. The molecule has 2 unspecified atom stereocenters. The molecule has 2 atom stereocenters. The molecule has 1 heterocycles. The van der Waals surface area contributed by atoms with Gasteiger partial charge in [0, 0.05) is 40.5 Å². The summed E-state index contributed by atoms with van der Waals surface area (Å²) in [4.78, 5) is 28.9. The molecular formula is C34H33ClN2O8. The quantitative estimate of drug-likeness (QED) is 0.228. The fourth-order valence-electron chi connectivity index (χ4n) is 5.57. The van der Waals surface area contributed by atoms with Crippen molar-refractivity contribution in [1.82, 2.24) is 5.32 Å². The molecule has 10 nitrogen and oxygen atoms in total. The number of carbonyl (C=O) groups excluding carboxylic acids is 1. The molecule has 234 valence electrons. The molecule has 0 aliphatic carbocycles. The van der Waals surface area contributed by atoms with Crippen molar-refractivity contribution in [2.24, 2.45) is 0 Å². The summed E-state index contributed by atoms with van der Waals surface area (Å²) in [5.41, 5.74) is 0.582. The molecule has 2 N–H and O–H groups in total. The maximum atomic E-state index is 14.0. The van der Waals surface area contributed by atoms with Gasteiger partial charge in [0.05, 0.1) is 41.5 Å². The molecule has 1 aliphatic heterocycles. The molecule has 1 aliphatic rings. The lowest BCUT2D eigenvalue weighted by molar-refractivity contribution is -0.149. The Hall–Kier alpha value is -4.93. The maximum Gasteiger partial charge on any atom is 0.347 e. The predicted octanol–water partition coefficient (Wildman–Crippen LogP) is 5.29. The summed E-state index contributed by atoms with van der Waals surface area (Å²) in [7, 11) is 6.08. The third-order valence-electron chi connectivity index (χ3n) is 7.67. The summed E-state index contributed by atoms with van der Waals surface area (Å²) in [6, 6.07) is 24.2. The highest BCUT2D eigenvalue weighted by Crippen LogP contribution is 2.44. The van der Waals surface area contributed by atoms with Crippen LogP contribution in [0.2, 0.25) is 5.02 Å². The van der Waals surface area contributed by atoms with Crippen molar-refractivity contribution in [3.63, 3.8) is 0 Å². The predicted molar refractivity (Wildman–Crippen MR) is 169 cm³/mol. The highest BCUT2D eigenvalue weighted by Gasteiger charge is 2.52. The molecule has 0 saturated heterocycles. The van der Waals surface area contributed by atoms with Gasteiger partial charge in [-0.3, -0.25) is 10.1 Å². The van der Waals surface area contributed by atoms with E-state index in [4.69, 9.17) is 35.3 Å². The molecule has 0 spiro atoms. The minimum atomic E-state index is -1.60. The van der Waals surface area contributed by atoms with Crippen molar-refractivity contribution in [1.29, 1.82) is 0 Å². The van der Waals surface area contributed by atoms with E-state index < -0.39 is 17.6 Å². The zero-order valence-electron chi connectivity index (χ0n) is 25.2. The molecule has 0 fully saturated rings. The molecular weight excluding hydrogens is 600 g/mol. The zero-order chi connectivity index (χ0) is 32.1. The second-order valence-corrected chi connectivity index (χ2v) is 10.7. The second kappa shape index (κ2) is 13.4. The lowest BCUT2D eigenvalue weighted by Crippen LogP contribution is -2.58. The summed E-state index contributed by atoms with van der Waals surface area (Å²) in [6.45, 7) is -0.0872. The van der Waals surface area contributed by atoms with Gasteiger partial charge in [-0.05, 0) is 41.5 Å². The fourth-order valence-corrected chi connectivity index (χ4v) is 5.74. The summed E-state index contributed by atoms with van der Waals surface area (Å²) >= 11 is 6.61. The van der Waals surface area contributed by atoms with Crippen LogP contribution in [0.4, 0.5) is 5.69 Å². The first-order chi connectivity index (χ1) is 21.7. The number of carboxylic acids is 1.